The molecule has 0 saturated heterocycles. The first-order valence-corrected chi connectivity index (χ1v) is 8.48. The molecule has 0 aliphatic rings. The van der Waals surface area contributed by atoms with E-state index in [1.54, 1.807) is 0 Å². The fourth-order valence-electron chi connectivity index (χ4n) is 2.65. The molecule has 1 aromatic carbocycles. The maximum absolute atomic E-state index is 10.6. The minimum atomic E-state index is -0.876. The lowest BCUT2D eigenvalue weighted by atomic mass is 9.81. The molecule has 0 amide bonds. The predicted octanol–water partition coefficient (Wildman–Crippen LogP) is 4.38. The van der Waals surface area contributed by atoms with Crippen molar-refractivity contribution in [3.63, 3.8) is 0 Å². The quantitative estimate of drug-likeness (QED) is 0.682. The lowest BCUT2D eigenvalue weighted by Gasteiger charge is -2.27. The summed E-state index contributed by atoms with van der Waals surface area (Å²) in [6.07, 6.45) is -1.72. The zero-order chi connectivity index (χ0) is 16.3. The molecule has 1 aromatic rings. The van der Waals surface area contributed by atoms with Crippen molar-refractivity contribution in [3.8, 4) is 0 Å². The summed E-state index contributed by atoms with van der Waals surface area (Å²) in [5.41, 5.74) is 4.46. The molecule has 0 aliphatic carbocycles. The number of hydrogen-bond donors (Lipinski definition) is 3. The van der Waals surface area contributed by atoms with E-state index in [2.05, 4.69) is 66.3 Å². The second-order valence-electron chi connectivity index (χ2n) is 6.77. The summed E-state index contributed by atoms with van der Waals surface area (Å²) in [6, 6.07) is 4.37. The van der Waals surface area contributed by atoms with Crippen LogP contribution < -0.4 is 0 Å². The Kier molecular flexibility index (Phi) is 6.76. The van der Waals surface area contributed by atoms with Gasteiger partial charge < -0.3 is 10.2 Å². The third-order valence-corrected chi connectivity index (χ3v) is 4.40. The highest BCUT2D eigenvalue weighted by molar-refractivity contribution is 7.80. The topological polar surface area (TPSA) is 40.5 Å². The van der Waals surface area contributed by atoms with Gasteiger partial charge in [0.15, 0.2) is 0 Å². The van der Waals surface area contributed by atoms with Crippen molar-refractivity contribution >= 4 is 12.6 Å². The van der Waals surface area contributed by atoms with Crippen LogP contribution in [0.5, 0.6) is 0 Å². The Hall–Kier alpha value is -0.510. The second kappa shape index (κ2) is 7.66. The average Bonchev–Trinajstić information content (AvgIpc) is 2.43. The maximum Gasteiger partial charge on any atom is 0.106 e. The molecule has 0 aliphatic heterocycles. The Morgan fingerprint density at radius 2 is 1.29 bits per heavy atom. The molecule has 2 nitrogen and oxygen atoms in total. The maximum atomic E-state index is 10.6. The van der Waals surface area contributed by atoms with E-state index < -0.39 is 12.2 Å². The van der Waals surface area contributed by atoms with E-state index in [4.69, 9.17) is 0 Å². The molecule has 0 fully saturated rings. The van der Waals surface area contributed by atoms with Gasteiger partial charge in [-0.25, -0.2) is 0 Å². The number of hydrogen-bond acceptors (Lipinski definition) is 3. The van der Waals surface area contributed by atoms with E-state index in [1.807, 2.05) is 0 Å². The lowest BCUT2D eigenvalue weighted by molar-refractivity contribution is 0.0323. The molecule has 2 atom stereocenters. The Labute approximate surface area is 135 Å². The minimum absolute atomic E-state index is 0.252. The smallest absolute Gasteiger partial charge is 0.106 e. The Morgan fingerprint density at radius 1 is 0.857 bits per heavy atom. The van der Waals surface area contributed by atoms with Gasteiger partial charge in [0.2, 0.25) is 0 Å². The summed E-state index contributed by atoms with van der Waals surface area (Å²) < 4.78 is 0. The zero-order valence-electron chi connectivity index (χ0n) is 14.1. The SMILES string of the molecule is CC(C)c1cc(C(C)C)c(C(O)C(O)CS)c(C(C)C)c1. The third-order valence-electron chi connectivity index (χ3n) is 4.02. The van der Waals surface area contributed by atoms with Gasteiger partial charge in [-0.05, 0) is 40.0 Å². The van der Waals surface area contributed by atoms with Gasteiger partial charge in [0, 0.05) is 5.75 Å². The van der Waals surface area contributed by atoms with Gasteiger partial charge in [-0.1, -0.05) is 53.7 Å². The van der Waals surface area contributed by atoms with Crippen molar-refractivity contribution in [1.82, 2.24) is 0 Å². The van der Waals surface area contributed by atoms with Crippen LogP contribution in [0, 0.1) is 0 Å². The van der Waals surface area contributed by atoms with Gasteiger partial charge in [-0.15, -0.1) is 0 Å². The summed E-state index contributed by atoms with van der Waals surface area (Å²) in [5, 5.41) is 20.6. The van der Waals surface area contributed by atoms with Gasteiger partial charge in [-0.3, -0.25) is 0 Å². The number of thiol groups is 1. The number of aliphatic hydroxyl groups is 2. The van der Waals surface area contributed by atoms with Crippen LogP contribution in [0.3, 0.4) is 0 Å². The minimum Gasteiger partial charge on any atom is -0.389 e. The van der Waals surface area contributed by atoms with Crippen molar-refractivity contribution < 1.29 is 10.2 Å². The molecule has 0 bridgehead atoms. The van der Waals surface area contributed by atoms with Crippen LogP contribution in [0.25, 0.3) is 0 Å². The van der Waals surface area contributed by atoms with E-state index in [-0.39, 0.29) is 5.75 Å². The Morgan fingerprint density at radius 3 is 1.57 bits per heavy atom. The summed E-state index contributed by atoms with van der Waals surface area (Å²) >= 11 is 4.12. The first kappa shape index (κ1) is 18.5. The summed E-state index contributed by atoms with van der Waals surface area (Å²) in [6.45, 7) is 12.9. The van der Waals surface area contributed by atoms with Gasteiger partial charge in [-0.2, -0.15) is 12.6 Å². The lowest BCUT2D eigenvalue weighted by Crippen LogP contribution is -2.23. The predicted molar refractivity (Wildman–Crippen MR) is 93.5 cm³/mol. The molecule has 2 unspecified atom stereocenters. The van der Waals surface area contributed by atoms with E-state index in [1.165, 1.54) is 5.56 Å². The monoisotopic (exact) mass is 310 g/mol. The first-order valence-electron chi connectivity index (χ1n) is 7.85. The second-order valence-corrected chi connectivity index (χ2v) is 7.14. The molecule has 0 radical (unpaired) electrons. The van der Waals surface area contributed by atoms with Crippen molar-refractivity contribution in [1.29, 1.82) is 0 Å². The van der Waals surface area contributed by atoms with E-state index in [0.29, 0.717) is 17.8 Å². The van der Waals surface area contributed by atoms with Crippen molar-refractivity contribution in [3.05, 3.63) is 34.4 Å². The van der Waals surface area contributed by atoms with Crippen LogP contribution in [0.4, 0.5) is 0 Å². The molecule has 3 heteroatoms. The van der Waals surface area contributed by atoms with Crippen LogP contribution in [0.1, 0.15) is 87.7 Å². The van der Waals surface area contributed by atoms with Crippen LogP contribution in [0.2, 0.25) is 0 Å². The van der Waals surface area contributed by atoms with Gasteiger partial charge in [0.25, 0.3) is 0 Å². The number of rotatable bonds is 6. The van der Waals surface area contributed by atoms with Crippen LogP contribution >= 0.6 is 12.6 Å². The normalized spacial score (nSPS) is 15.0. The van der Waals surface area contributed by atoms with E-state index in [9.17, 15) is 10.2 Å². The molecule has 0 saturated carbocycles. The number of benzene rings is 1. The van der Waals surface area contributed by atoms with Gasteiger partial charge >= 0.3 is 0 Å². The van der Waals surface area contributed by atoms with E-state index in [0.717, 1.165) is 16.7 Å². The molecule has 0 spiro atoms. The van der Waals surface area contributed by atoms with Crippen molar-refractivity contribution in [2.24, 2.45) is 0 Å². The fourth-order valence-corrected chi connectivity index (χ4v) is 2.85. The molecule has 120 valence electrons. The standard InChI is InChI=1S/C18H30O2S/c1-10(2)13-7-14(11(3)4)17(15(8-13)12(5)6)18(20)16(19)9-21/h7-8,10-12,16,18-21H,9H2,1-6H3. The fraction of sp³-hybridized carbons (Fsp3) is 0.667. The average molecular weight is 311 g/mol. The Bertz CT molecular complexity index is 437. The number of aliphatic hydroxyl groups excluding tert-OH is 2. The van der Waals surface area contributed by atoms with Crippen molar-refractivity contribution in [2.45, 2.75) is 71.5 Å². The van der Waals surface area contributed by atoms with Crippen LogP contribution in [-0.4, -0.2) is 22.1 Å². The van der Waals surface area contributed by atoms with Gasteiger partial charge in [0.05, 0.1) is 6.10 Å². The highest BCUT2D eigenvalue weighted by atomic mass is 32.1. The summed E-state index contributed by atoms with van der Waals surface area (Å²) in [7, 11) is 0. The summed E-state index contributed by atoms with van der Waals surface area (Å²) in [5.74, 6) is 1.30. The zero-order valence-corrected chi connectivity index (χ0v) is 15.0. The van der Waals surface area contributed by atoms with Crippen LogP contribution in [0.15, 0.2) is 12.1 Å². The largest absolute Gasteiger partial charge is 0.389 e. The van der Waals surface area contributed by atoms with Crippen molar-refractivity contribution in [2.75, 3.05) is 5.75 Å². The van der Waals surface area contributed by atoms with Crippen LogP contribution in [-0.2, 0) is 0 Å². The highest BCUT2D eigenvalue weighted by Crippen LogP contribution is 2.36. The third kappa shape index (κ3) is 4.24. The molecule has 21 heavy (non-hydrogen) atoms. The molecule has 0 heterocycles. The van der Waals surface area contributed by atoms with E-state index >= 15 is 0 Å². The summed E-state index contributed by atoms with van der Waals surface area (Å²) in [4.78, 5) is 0. The highest BCUT2D eigenvalue weighted by Gasteiger charge is 2.26. The molecular formula is C18H30O2S. The molecular weight excluding hydrogens is 280 g/mol. The van der Waals surface area contributed by atoms with Gasteiger partial charge in [0.1, 0.15) is 6.10 Å². The first-order chi connectivity index (χ1) is 9.70. The molecule has 1 rings (SSSR count). The molecule has 2 N–H and O–H groups in total. The molecule has 0 aromatic heterocycles. The Balaban J connectivity index is 3.57.